The van der Waals surface area contributed by atoms with Gasteiger partial charge in [0.1, 0.15) is 12.0 Å². The molecule has 0 aliphatic rings. The Morgan fingerprint density at radius 1 is 1.12 bits per heavy atom. The molecule has 0 aliphatic heterocycles. The molecule has 2 unspecified atom stereocenters. The number of Topliss-reactive ketones (excluding diaryl/α,β-unsaturated/α-hetero) is 1. The van der Waals surface area contributed by atoms with Crippen LogP contribution in [-0.2, 0) is 11.2 Å². The number of aldehydes is 1. The standard InChI is InChI=1S/C20H23NO3/c1-21(2)19(14-22)18(12-15-8-5-4-6-9-15)20(23)16-10-7-11-17(13-16)24-3/h4-11,13-14,18-19H,12H2,1-3H3. The number of likely N-dealkylation sites (N-methyl/N-ethyl adjacent to an activating group) is 1. The fourth-order valence-electron chi connectivity index (χ4n) is 2.80. The third kappa shape index (κ3) is 4.30. The summed E-state index contributed by atoms with van der Waals surface area (Å²) in [6, 6.07) is 16.4. The van der Waals surface area contributed by atoms with Crippen LogP contribution in [0.25, 0.3) is 0 Å². The van der Waals surface area contributed by atoms with Crippen molar-refractivity contribution in [2.75, 3.05) is 21.2 Å². The molecule has 0 spiro atoms. The third-order valence-corrected chi connectivity index (χ3v) is 4.14. The smallest absolute Gasteiger partial charge is 0.168 e. The summed E-state index contributed by atoms with van der Waals surface area (Å²) < 4.78 is 5.21. The number of ether oxygens (including phenoxy) is 1. The third-order valence-electron chi connectivity index (χ3n) is 4.14. The summed E-state index contributed by atoms with van der Waals surface area (Å²) in [5, 5.41) is 0. The Morgan fingerprint density at radius 2 is 1.83 bits per heavy atom. The zero-order valence-corrected chi connectivity index (χ0v) is 14.3. The molecule has 0 amide bonds. The van der Waals surface area contributed by atoms with Crippen molar-refractivity contribution in [3.63, 3.8) is 0 Å². The Hall–Kier alpha value is -2.46. The molecular weight excluding hydrogens is 302 g/mol. The second-order valence-corrected chi connectivity index (χ2v) is 5.98. The van der Waals surface area contributed by atoms with Gasteiger partial charge in [-0.2, -0.15) is 0 Å². The quantitative estimate of drug-likeness (QED) is 0.553. The molecule has 0 aromatic heterocycles. The van der Waals surface area contributed by atoms with Gasteiger partial charge in [0.2, 0.25) is 0 Å². The molecule has 0 heterocycles. The Kier molecular flexibility index (Phi) is 6.27. The summed E-state index contributed by atoms with van der Waals surface area (Å²) >= 11 is 0. The molecule has 0 bridgehead atoms. The predicted octanol–water partition coefficient (Wildman–Crippen LogP) is 2.87. The van der Waals surface area contributed by atoms with E-state index in [4.69, 9.17) is 4.74 Å². The molecular formula is C20H23NO3. The van der Waals surface area contributed by atoms with E-state index in [9.17, 15) is 9.59 Å². The topological polar surface area (TPSA) is 46.6 Å². The first-order valence-corrected chi connectivity index (χ1v) is 7.90. The summed E-state index contributed by atoms with van der Waals surface area (Å²) in [6.07, 6.45) is 1.37. The Balaban J connectivity index is 2.36. The summed E-state index contributed by atoms with van der Waals surface area (Å²) in [6.45, 7) is 0. The monoisotopic (exact) mass is 325 g/mol. The van der Waals surface area contributed by atoms with E-state index in [0.29, 0.717) is 17.7 Å². The minimum absolute atomic E-state index is 0.0523. The average Bonchev–Trinajstić information content (AvgIpc) is 2.61. The fourth-order valence-corrected chi connectivity index (χ4v) is 2.80. The highest BCUT2D eigenvalue weighted by Gasteiger charge is 2.30. The molecule has 0 radical (unpaired) electrons. The molecule has 0 saturated heterocycles. The van der Waals surface area contributed by atoms with E-state index in [1.807, 2.05) is 44.4 Å². The number of nitrogens with zero attached hydrogens (tertiary/aromatic N) is 1. The molecule has 2 aromatic rings. The number of rotatable bonds is 8. The lowest BCUT2D eigenvalue weighted by atomic mass is 9.85. The van der Waals surface area contributed by atoms with Crippen LogP contribution >= 0.6 is 0 Å². The van der Waals surface area contributed by atoms with E-state index in [1.54, 1.807) is 36.3 Å². The minimum Gasteiger partial charge on any atom is -0.497 e. The van der Waals surface area contributed by atoms with Crippen LogP contribution in [0.1, 0.15) is 15.9 Å². The van der Waals surface area contributed by atoms with Gasteiger partial charge >= 0.3 is 0 Å². The van der Waals surface area contributed by atoms with Crippen molar-refractivity contribution in [2.24, 2.45) is 5.92 Å². The first-order valence-electron chi connectivity index (χ1n) is 7.90. The second-order valence-electron chi connectivity index (χ2n) is 5.98. The molecule has 4 nitrogen and oxygen atoms in total. The van der Waals surface area contributed by atoms with Gasteiger partial charge in [-0.1, -0.05) is 42.5 Å². The second kappa shape index (κ2) is 8.41. The summed E-state index contributed by atoms with van der Waals surface area (Å²) in [7, 11) is 5.20. The molecule has 2 rings (SSSR count). The van der Waals surface area contributed by atoms with Crippen LogP contribution in [-0.4, -0.2) is 44.2 Å². The van der Waals surface area contributed by atoms with Crippen molar-refractivity contribution < 1.29 is 14.3 Å². The van der Waals surface area contributed by atoms with Crippen LogP contribution in [0.15, 0.2) is 54.6 Å². The lowest BCUT2D eigenvalue weighted by Gasteiger charge is -2.27. The van der Waals surface area contributed by atoms with Gasteiger partial charge in [-0.25, -0.2) is 0 Å². The Morgan fingerprint density at radius 3 is 2.42 bits per heavy atom. The SMILES string of the molecule is COc1cccc(C(=O)C(Cc2ccccc2)C(C=O)N(C)C)c1. The van der Waals surface area contributed by atoms with Gasteiger partial charge in [-0.15, -0.1) is 0 Å². The number of methoxy groups -OCH3 is 1. The molecule has 0 fully saturated rings. The molecule has 0 saturated carbocycles. The minimum atomic E-state index is -0.482. The Labute approximate surface area is 143 Å². The molecule has 2 atom stereocenters. The number of carbonyl (C=O) groups is 2. The zero-order chi connectivity index (χ0) is 17.5. The van der Waals surface area contributed by atoms with E-state index in [1.165, 1.54) is 0 Å². The Bertz CT molecular complexity index is 682. The lowest BCUT2D eigenvalue weighted by Crippen LogP contribution is -2.41. The van der Waals surface area contributed by atoms with E-state index in [2.05, 4.69) is 0 Å². The van der Waals surface area contributed by atoms with E-state index in [0.717, 1.165) is 11.8 Å². The molecule has 2 aromatic carbocycles. The van der Waals surface area contributed by atoms with Gasteiger partial charge in [-0.05, 0) is 38.2 Å². The normalized spacial score (nSPS) is 13.3. The van der Waals surface area contributed by atoms with E-state index < -0.39 is 12.0 Å². The molecule has 0 aliphatic carbocycles. The predicted molar refractivity (Wildman–Crippen MR) is 94.5 cm³/mol. The van der Waals surface area contributed by atoms with Crippen LogP contribution in [0.5, 0.6) is 5.75 Å². The van der Waals surface area contributed by atoms with Crippen molar-refractivity contribution in [2.45, 2.75) is 12.5 Å². The number of hydrogen-bond acceptors (Lipinski definition) is 4. The average molecular weight is 325 g/mol. The number of ketones is 1. The van der Waals surface area contributed by atoms with Gasteiger partial charge in [0.15, 0.2) is 5.78 Å². The fraction of sp³-hybridized carbons (Fsp3) is 0.300. The van der Waals surface area contributed by atoms with Crippen molar-refractivity contribution >= 4 is 12.1 Å². The van der Waals surface area contributed by atoms with Gasteiger partial charge in [0.05, 0.1) is 13.2 Å². The lowest BCUT2D eigenvalue weighted by molar-refractivity contribution is -0.112. The van der Waals surface area contributed by atoms with Crippen LogP contribution < -0.4 is 4.74 Å². The maximum atomic E-state index is 13.1. The molecule has 126 valence electrons. The highest BCUT2D eigenvalue weighted by atomic mass is 16.5. The molecule has 24 heavy (non-hydrogen) atoms. The summed E-state index contributed by atoms with van der Waals surface area (Å²) in [5.41, 5.74) is 1.59. The summed E-state index contributed by atoms with van der Waals surface area (Å²) in [5.74, 6) is 0.127. The summed E-state index contributed by atoms with van der Waals surface area (Å²) in [4.78, 5) is 26.5. The first-order chi connectivity index (χ1) is 11.6. The maximum Gasteiger partial charge on any atom is 0.168 e. The highest BCUT2D eigenvalue weighted by Crippen LogP contribution is 2.22. The van der Waals surface area contributed by atoms with Crippen molar-refractivity contribution in [3.05, 3.63) is 65.7 Å². The molecule has 4 heteroatoms. The van der Waals surface area contributed by atoms with E-state index >= 15 is 0 Å². The zero-order valence-electron chi connectivity index (χ0n) is 14.3. The van der Waals surface area contributed by atoms with Crippen molar-refractivity contribution in [1.29, 1.82) is 0 Å². The van der Waals surface area contributed by atoms with Gasteiger partial charge in [0, 0.05) is 11.5 Å². The highest BCUT2D eigenvalue weighted by molar-refractivity contribution is 6.00. The first kappa shape index (κ1) is 17.9. The number of carbonyl (C=O) groups excluding carboxylic acids is 2. The van der Waals surface area contributed by atoms with Crippen LogP contribution in [0.2, 0.25) is 0 Å². The van der Waals surface area contributed by atoms with Gasteiger partial charge in [-0.3, -0.25) is 9.69 Å². The maximum absolute atomic E-state index is 13.1. The van der Waals surface area contributed by atoms with E-state index in [-0.39, 0.29) is 5.78 Å². The van der Waals surface area contributed by atoms with Crippen molar-refractivity contribution in [3.8, 4) is 5.75 Å². The van der Waals surface area contributed by atoms with Gasteiger partial charge in [0.25, 0.3) is 0 Å². The van der Waals surface area contributed by atoms with Gasteiger partial charge < -0.3 is 9.53 Å². The number of benzene rings is 2. The molecule has 0 N–H and O–H groups in total. The van der Waals surface area contributed by atoms with Crippen LogP contribution in [0, 0.1) is 5.92 Å². The largest absolute Gasteiger partial charge is 0.497 e. The van der Waals surface area contributed by atoms with Crippen LogP contribution in [0.3, 0.4) is 0 Å². The van der Waals surface area contributed by atoms with Crippen LogP contribution in [0.4, 0.5) is 0 Å². The number of hydrogen-bond donors (Lipinski definition) is 0. The van der Waals surface area contributed by atoms with Crippen molar-refractivity contribution in [1.82, 2.24) is 4.90 Å².